The van der Waals surface area contributed by atoms with Gasteiger partial charge in [0.25, 0.3) is 5.22 Å². The van der Waals surface area contributed by atoms with Crippen molar-refractivity contribution in [3.8, 4) is 28.7 Å². The van der Waals surface area contributed by atoms with Crippen LogP contribution in [0.1, 0.15) is 27.7 Å². The minimum absolute atomic E-state index is 0.260. The van der Waals surface area contributed by atoms with Crippen molar-refractivity contribution in [3.63, 3.8) is 0 Å². The Morgan fingerprint density at radius 3 is 2.19 bits per heavy atom. The maximum Gasteiger partial charge on any atom is 0.277 e. The van der Waals surface area contributed by atoms with E-state index in [1.807, 2.05) is 20.8 Å². The molecule has 1 aromatic heterocycles. The summed E-state index contributed by atoms with van der Waals surface area (Å²) in [5, 5.41) is 7.78. The summed E-state index contributed by atoms with van der Waals surface area (Å²) in [5.41, 5.74) is 5.89. The van der Waals surface area contributed by atoms with Gasteiger partial charge in [-0.15, -0.1) is 10.2 Å². The van der Waals surface area contributed by atoms with Crippen molar-refractivity contribution in [2.45, 2.75) is 38.2 Å². The molecule has 1 heterocycles. The fourth-order valence-electron chi connectivity index (χ4n) is 2.10. The van der Waals surface area contributed by atoms with E-state index < -0.39 is 11.2 Å². The Hall–Kier alpha value is -2.42. The molecule has 8 nitrogen and oxygen atoms in total. The number of nitrogens with two attached hydrogens (primary N) is 1. The van der Waals surface area contributed by atoms with E-state index in [-0.39, 0.29) is 11.1 Å². The van der Waals surface area contributed by atoms with E-state index in [1.54, 1.807) is 19.1 Å². The highest BCUT2D eigenvalue weighted by Crippen LogP contribution is 2.42. The zero-order valence-electron chi connectivity index (χ0n) is 15.3. The lowest BCUT2D eigenvalue weighted by Crippen LogP contribution is -2.22. The smallest absolute Gasteiger partial charge is 0.277 e. The van der Waals surface area contributed by atoms with E-state index in [9.17, 15) is 4.79 Å². The summed E-state index contributed by atoms with van der Waals surface area (Å²) in [5.74, 6) is 1.44. The predicted molar refractivity (Wildman–Crippen MR) is 97.8 cm³/mol. The van der Waals surface area contributed by atoms with Crippen molar-refractivity contribution in [1.29, 1.82) is 0 Å². The maximum absolute atomic E-state index is 11.2. The van der Waals surface area contributed by atoms with E-state index in [0.29, 0.717) is 42.6 Å². The Morgan fingerprint density at radius 1 is 1.12 bits per heavy atom. The molecule has 2 aromatic rings. The molecule has 1 atom stereocenters. The molecular formula is C17H23N3O5S. The maximum atomic E-state index is 11.2. The summed E-state index contributed by atoms with van der Waals surface area (Å²) in [6.45, 7) is 8.75. The highest BCUT2D eigenvalue weighted by Gasteiger charge is 2.20. The van der Waals surface area contributed by atoms with Crippen LogP contribution in [0.4, 0.5) is 0 Å². The van der Waals surface area contributed by atoms with Crippen molar-refractivity contribution in [3.05, 3.63) is 12.1 Å². The molecule has 0 unspecified atom stereocenters. The SMILES string of the molecule is CCOc1cc(-c2nnc(S[C@@H](C)C(N)=O)o2)cc(OCC)c1OCC. The molecule has 0 saturated heterocycles. The fourth-order valence-corrected chi connectivity index (χ4v) is 2.73. The van der Waals surface area contributed by atoms with Crippen molar-refractivity contribution in [2.24, 2.45) is 5.73 Å². The van der Waals surface area contributed by atoms with E-state index in [1.165, 1.54) is 0 Å². The lowest BCUT2D eigenvalue weighted by molar-refractivity contribution is -0.117. The second-order valence-corrected chi connectivity index (χ2v) is 6.43. The second kappa shape index (κ2) is 9.33. The number of hydrogen-bond donors (Lipinski definition) is 1. The van der Waals surface area contributed by atoms with Crippen LogP contribution in [0.3, 0.4) is 0 Å². The monoisotopic (exact) mass is 381 g/mol. The molecule has 0 aliphatic rings. The highest BCUT2D eigenvalue weighted by molar-refractivity contribution is 8.00. The average molecular weight is 381 g/mol. The summed E-state index contributed by atoms with van der Waals surface area (Å²) < 4.78 is 22.7. The van der Waals surface area contributed by atoms with Crippen LogP contribution in [0.25, 0.3) is 11.5 Å². The topological polar surface area (TPSA) is 110 Å². The number of carbonyl (C=O) groups excluding carboxylic acids is 1. The first-order valence-electron chi connectivity index (χ1n) is 8.36. The van der Waals surface area contributed by atoms with Gasteiger partial charge in [0.1, 0.15) is 0 Å². The molecule has 0 spiro atoms. The number of thioether (sulfide) groups is 1. The van der Waals surface area contributed by atoms with Crippen LogP contribution in [-0.2, 0) is 4.79 Å². The summed E-state index contributed by atoms with van der Waals surface area (Å²) in [6.07, 6.45) is 0. The Bertz CT molecular complexity index is 723. The molecular weight excluding hydrogens is 358 g/mol. The highest BCUT2D eigenvalue weighted by atomic mass is 32.2. The molecule has 0 aliphatic heterocycles. The lowest BCUT2D eigenvalue weighted by atomic mass is 10.2. The van der Waals surface area contributed by atoms with Gasteiger partial charge in [-0.05, 0) is 39.8 Å². The zero-order chi connectivity index (χ0) is 19.1. The normalized spacial score (nSPS) is 11.8. The average Bonchev–Trinajstić information content (AvgIpc) is 3.06. The Kier molecular flexibility index (Phi) is 7.14. The number of aromatic nitrogens is 2. The minimum atomic E-state index is -0.471. The summed E-state index contributed by atoms with van der Waals surface area (Å²) in [6, 6.07) is 3.52. The fraction of sp³-hybridized carbons (Fsp3) is 0.471. The van der Waals surface area contributed by atoms with Crippen LogP contribution in [0.2, 0.25) is 0 Å². The van der Waals surface area contributed by atoms with Crippen molar-refractivity contribution in [1.82, 2.24) is 10.2 Å². The molecule has 0 fully saturated rings. The van der Waals surface area contributed by atoms with Gasteiger partial charge in [0, 0.05) is 5.56 Å². The molecule has 9 heteroatoms. The zero-order valence-corrected chi connectivity index (χ0v) is 16.1. The van der Waals surface area contributed by atoms with Crippen molar-refractivity contribution in [2.75, 3.05) is 19.8 Å². The molecule has 1 amide bonds. The predicted octanol–water partition coefficient (Wildman–Crippen LogP) is 2.90. The number of primary amides is 1. The van der Waals surface area contributed by atoms with E-state index >= 15 is 0 Å². The number of rotatable bonds is 10. The van der Waals surface area contributed by atoms with Gasteiger partial charge in [0.05, 0.1) is 25.1 Å². The first-order valence-corrected chi connectivity index (χ1v) is 9.24. The number of hydrogen-bond acceptors (Lipinski definition) is 8. The number of amides is 1. The van der Waals surface area contributed by atoms with Gasteiger partial charge in [0.2, 0.25) is 17.5 Å². The van der Waals surface area contributed by atoms with E-state index in [0.717, 1.165) is 11.8 Å². The first kappa shape index (κ1) is 19.9. The quantitative estimate of drug-likeness (QED) is 0.626. The molecule has 0 radical (unpaired) electrons. The largest absolute Gasteiger partial charge is 0.490 e. The van der Waals surface area contributed by atoms with Crippen molar-refractivity contribution < 1.29 is 23.4 Å². The third-order valence-electron chi connectivity index (χ3n) is 3.24. The summed E-state index contributed by atoms with van der Waals surface area (Å²) >= 11 is 1.11. The third kappa shape index (κ3) is 4.81. The Morgan fingerprint density at radius 2 is 1.69 bits per heavy atom. The van der Waals surface area contributed by atoms with Gasteiger partial charge >= 0.3 is 0 Å². The van der Waals surface area contributed by atoms with Gasteiger partial charge in [-0.3, -0.25) is 4.79 Å². The molecule has 26 heavy (non-hydrogen) atoms. The van der Waals surface area contributed by atoms with Crippen LogP contribution in [0, 0.1) is 0 Å². The second-order valence-electron chi connectivity index (χ2n) is 5.14. The molecule has 2 rings (SSSR count). The molecule has 0 bridgehead atoms. The number of benzene rings is 1. The van der Waals surface area contributed by atoms with E-state index in [4.69, 9.17) is 24.4 Å². The van der Waals surface area contributed by atoms with Crippen LogP contribution in [-0.4, -0.2) is 41.2 Å². The molecule has 142 valence electrons. The first-order chi connectivity index (χ1) is 12.5. The number of nitrogens with zero attached hydrogens (tertiary/aromatic N) is 2. The van der Waals surface area contributed by atoms with Gasteiger partial charge < -0.3 is 24.4 Å². The van der Waals surface area contributed by atoms with E-state index in [2.05, 4.69) is 10.2 Å². The number of carbonyl (C=O) groups is 1. The summed E-state index contributed by atoms with van der Waals surface area (Å²) in [7, 11) is 0. The van der Waals surface area contributed by atoms with Gasteiger partial charge in [0.15, 0.2) is 11.5 Å². The molecule has 0 aliphatic carbocycles. The molecule has 1 aromatic carbocycles. The van der Waals surface area contributed by atoms with Crippen LogP contribution in [0.15, 0.2) is 21.8 Å². The van der Waals surface area contributed by atoms with Crippen LogP contribution >= 0.6 is 11.8 Å². The number of ether oxygens (including phenoxy) is 3. The Balaban J connectivity index is 2.39. The Labute approximate surface area is 156 Å². The summed E-state index contributed by atoms with van der Waals surface area (Å²) in [4.78, 5) is 11.2. The van der Waals surface area contributed by atoms with Crippen LogP contribution < -0.4 is 19.9 Å². The van der Waals surface area contributed by atoms with Gasteiger partial charge in [-0.1, -0.05) is 11.8 Å². The standard InChI is InChI=1S/C17H23N3O5S/c1-5-22-12-8-11(9-13(23-6-2)14(12)24-7-3)16-19-20-17(25-16)26-10(4)15(18)21/h8-10H,5-7H2,1-4H3,(H2,18,21)/t10-/m0/s1. The third-order valence-corrected chi connectivity index (χ3v) is 4.19. The lowest BCUT2D eigenvalue weighted by Gasteiger charge is -2.16. The molecule has 2 N–H and O–H groups in total. The molecule has 0 saturated carbocycles. The van der Waals surface area contributed by atoms with Gasteiger partial charge in [-0.2, -0.15) is 0 Å². The van der Waals surface area contributed by atoms with Gasteiger partial charge in [-0.25, -0.2) is 0 Å². The van der Waals surface area contributed by atoms with Crippen molar-refractivity contribution >= 4 is 17.7 Å². The van der Waals surface area contributed by atoms with Crippen LogP contribution in [0.5, 0.6) is 17.2 Å². The minimum Gasteiger partial charge on any atom is -0.490 e.